The molecule has 0 fully saturated rings. The highest BCUT2D eigenvalue weighted by atomic mass is 14.9. The van der Waals surface area contributed by atoms with Gasteiger partial charge >= 0.3 is 0 Å². The molecule has 1 aromatic rings. The molecule has 0 radical (unpaired) electrons. The summed E-state index contributed by atoms with van der Waals surface area (Å²) < 4.78 is 0. The van der Waals surface area contributed by atoms with Gasteiger partial charge in [0.05, 0.1) is 0 Å². The zero-order valence-corrected chi connectivity index (χ0v) is 11.2. The number of hydrogen-bond donors (Lipinski definition) is 1. The third-order valence-electron chi connectivity index (χ3n) is 2.84. The SMILES string of the molecule is CC/C=C(/NCCCCCC)c1ccccc1. The summed E-state index contributed by atoms with van der Waals surface area (Å²) in [5, 5.41) is 3.56. The molecule has 0 aromatic heterocycles. The molecule has 0 unspecified atom stereocenters. The predicted molar refractivity (Wildman–Crippen MR) is 76.9 cm³/mol. The van der Waals surface area contributed by atoms with Crippen molar-refractivity contribution in [1.82, 2.24) is 5.32 Å². The van der Waals surface area contributed by atoms with Crippen LogP contribution < -0.4 is 5.32 Å². The topological polar surface area (TPSA) is 12.0 Å². The Morgan fingerprint density at radius 1 is 1.06 bits per heavy atom. The van der Waals surface area contributed by atoms with Crippen LogP contribution in [0.3, 0.4) is 0 Å². The van der Waals surface area contributed by atoms with E-state index in [1.807, 2.05) is 0 Å². The minimum atomic E-state index is 1.08. The van der Waals surface area contributed by atoms with Crippen LogP contribution in [0.1, 0.15) is 51.5 Å². The largest absolute Gasteiger partial charge is 0.385 e. The summed E-state index contributed by atoms with van der Waals surface area (Å²) in [6.07, 6.45) is 8.59. The Bertz CT molecular complexity index is 314. The van der Waals surface area contributed by atoms with Gasteiger partial charge in [-0.1, -0.05) is 69.5 Å². The van der Waals surface area contributed by atoms with Gasteiger partial charge in [0.2, 0.25) is 0 Å². The Labute approximate surface area is 106 Å². The molecule has 1 N–H and O–H groups in total. The Morgan fingerprint density at radius 3 is 2.47 bits per heavy atom. The summed E-state index contributed by atoms with van der Waals surface area (Å²) in [6.45, 7) is 5.52. The van der Waals surface area contributed by atoms with Gasteiger partial charge in [-0.3, -0.25) is 0 Å². The molecule has 0 bridgehead atoms. The van der Waals surface area contributed by atoms with E-state index < -0.39 is 0 Å². The fourth-order valence-corrected chi connectivity index (χ4v) is 1.89. The van der Waals surface area contributed by atoms with Crippen LogP contribution in [0.2, 0.25) is 0 Å². The number of rotatable bonds is 8. The highest BCUT2D eigenvalue weighted by molar-refractivity contribution is 5.63. The third kappa shape index (κ3) is 5.58. The van der Waals surface area contributed by atoms with Gasteiger partial charge in [-0.05, 0) is 18.4 Å². The van der Waals surface area contributed by atoms with Crippen molar-refractivity contribution in [3.63, 3.8) is 0 Å². The molecule has 94 valence electrons. The predicted octanol–water partition coefficient (Wildman–Crippen LogP) is 4.61. The first kappa shape index (κ1) is 13.8. The lowest BCUT2D eigenvalue weighted by Gasteiger charge is -2.11. The van der Waals surface area contributed by atoms with E-state index in [0.717, 1.165) is 13.0 Å². The second kappa shape index (κ2) is 8.86. The average molecular weight is 231 g/mol. The van der Waals surface area contributed by atoms with Crippen molar-refractivity contribution in [2.24, 2.45) is 0 Å². The first-order chi connectivity index (χ1) is 8.38. The summed E-state index contributed by atoms with van der Waals surface area (Å²) >= 11 is 0. The van der Waals surface area contributed by atoms with Gasteiger partial charge in [0, 0.05) is 12.2 Å². The lowest BCUT2D eigenvalue weighted by atomic mass is 10.1. The first-order valence-electron chi connectivity index (χ1n) is 6.88. The van der Waals surface area contributed by atoms with Crippen LogP contribution in [-0.4, -0.2) is 6.54 Å². The highest BCUT2D eigenvalue weighted by Gasteiger charge is 1.98. The van der Waals surface area contributed by atoms with Crippen molar-refractivity contribution in [3.8, 4) is 0 Å². The second-order valence-electron chi connectivity index (χ2n) is 4.38. The molecule has 0 saturated heterocycles. The number of nitrogens with one attached hydrogen (secondary N) is 1. The monoisotopic (exact) mass is 231 g/mol. The number of benzene rings is 1. The molecule has 1 nitrogen and oxygen atoms in total. The summed E-state index contributed by atoms with van der Waals surface area (Å²) in [5.41, 5.74) is 2.58. The van der Waals surface area contributed by atoms with Crippen LogP contribution in [0.15, 0.2) is 36.4 Å². The molecule has 0 saturated carbocycles. The lowest BCUT2D eigenvalue weighted by molar-refractivity contribution is 0.649. The zero-order valence-electron chi connectivity index (χ0n) is 11.2. The van der Waals surface area contributed by atoms with Crippen LogP contribution in [-0.2, 0) is 0 Å². The molecular formula is C16H25N. The summed E-state index contributed by atoms with van der Waals surface area (Å²) in [6, 6.07) is 10.6. The molecule has 1 aromatic carbocycles. The highest BCUT2D eigenvalue weighted by Crippen LogP contribution is 2.12. The maximum Gasteiger partial charge on any atom is 0.0373 e. The van der Waals surface area contributed by atoms with E-state index in [9.17, 15) is 0 Å². The Balaban J connectivity index is 2.43. The van der Waals surface area contributed by atoms with Crippen LogP contribution in [0.25, 0.3) is 5.70 Å². The summed E-state index contributed by atoms with van der Waals surface area (Å²) in [5.74, 6) is 0. The molecule has 1 heteroatoms. The van der Waals surface area contributed by atoms with Gasteiger partial charge in [-0.25, -0.2) is 0 Å². The van der Waals surface area contributed by atoms with E-state index >= 15 is 0 Å². The van der Waals surface area contributed by atoms with Gasteiger partial charge in [0.15, 0.2) is 0 Å². The van der Waals surface area contributed by atoms with E-state index in [2.05, 4.69) is 55.6 Å². The summed E-state index contributed by atoms with van der Waals surface area (Å²) in [4.78, 5) is 0. The number of hydrogen-bond acceptors (Lipinski definition) is 1. The van der Waals surface area contributed by atoms with Crippen LogP contribution >= 0.6 is 0 Å². The van der Waals surface area contributed by atoms with E-state index in [4.69, 9.17) is 0 Å². The normalized spacial score (nSPS) is 11.5. The van der Waals surface area contributed by atoms with Crippen molar-refractivity contribution in [2.45, 2.75) is 46.0 Å². The van der Waals surface area contributed by atoms with Gasteiger partial charge in [0.1, 0.15) is 0 Å². The standard InChI is InChI=1S/C16H25N/c1-3-5-6-10-14-17-16(11-4-2)15-12-8-7-9-13-15/h7-9,11-13,17H,3-6,10,14H2,1-2H3/b16-11+. The smallest absolute Gasteiger partial charge is 0.0373 e. The second-order valence-corrected chi connectivity index (χ2v) is 4.38. The zero-order chi connectivity index (χ0) is 12.3. The van der Waals surface area contributed by atoms with E-state index in [1.54, 1.807) is 0 Å². The average Bonchev–Trinajstić information content (AvgIpc) is 2.38. The van der Waals surface area contributed by atoms with Crippen molar-refractivity contribution in [3.05, 3.63) is 42.0 Å². The van der Waals surface area contributed by atoms with Crippen LogP contribution in [0.5, 0.6) is 0 Å². The first-order valence-corrected chi connectivity index (χ1v) is 6.88. The molecule has 0 amide bonds. The quantitative estimate of drug-likeness (QED) is 0.644. The molecule has 0 spiro atoms. The van der Waals surface area contributed by atoms with E-state index in [-0.39, 0.29) is 0 Å². The van der Waals surface area contributed by atoms with Gasteiger partial charge < -0.3 is 5.32 Å². The van der Waals surface area contributed by atoms with Crippen molar-refractivity contribution in [1.29, 1.82) is 0 Å². The molecule has 17 heavy (non-hydrogen) atoms. The molecule has 0 aliphatic carbocycles. The third-order valence-corrected chi connectivity index (χ3v) is 2.84. The molecule has 0 heterocycles. The molecular weight excluding hydrogens is 206 g/mol. The Kier molecular flexibility index (Phi) is 7.20. The maximum atomic E-state index is 3.56. The maximum absolute atomic E-state index is 3.56. The van der Waals surface area contributed by atoms with Crippen molar-refractivity contribution < 1.29 is 0 Å². The van der Waals surface area contributed by atoms with Gasteiger partial charge in [0.25, 0.3) is 0 Å². The number of unbranched alkanes of at least 4 members (excludes halogenated alkanes) is 3. The lowest BCUT2D eigenvalue weighted by Crippen LogP contribution is -2.13. The number of allylic oxidation sites excluding steroid dienone is 1. The minimum absolute atomic E-state index is 1.08. The summed E-state index contributed by atoms with van der Waals surface area (Å²) in [7, 11) is 0. The van der Waals surface area contributed by atoms with E-state index in [0.29, 0.717) is 0 Å². The molecule has 0 aliphatic heterocycles. The Morgan fingerprint density at radius 2 is 1.82 bits per heavy atom. The molecule has 0 aliphatic rings. The van der Waals surface area contributed by atoms with Crippen molar-refractivity contribution >= 4 is 5.70 Å². The van der Waals surface area contributed by atoms with Crippen molar-refractivity contribution in [2.75, 3.05) is 6.54 Å². The van der Waals surface area contributed by atoms with Crippen LogP contribution in [0, 0.1) is 0 Å². The van der Waals surface area contributed by atoms with Gasteiger partial charge in [-0.15, -0.1) is 0 Å². The Hall–Kier alpha value is -1.24. The molecule has 0 atom stereocenters. The fourth-order valence-electron chi connectivity index (χ4n) is 1.89. The van der Waals surface area contributed by atoms with Gasteiger partial charge in [-0.2, -0.15) is 0 Å². The fraction of sp³-hybridized carbons (Fsp3) is 0.500. The minimum Gasteiger partial charge on any atom is -0.385 e. The van der Waals surface area contributed by atoms with E-state index in [1.165, 1.54) is 36.9 Å². The molecule has 1 rings (SSSR count). The van der Waals surface area contributed by atoms with Crippen LogP contribution in [0.4, 0.5) is 0 Å².